The zero-order valence-electron chi connectivity index (χ0n) is 6.09. The highest BCUT2D eigenvalue weighted by Crippen LogP contribution is 1.88. The monoisotopic (exact) mass is 147 g/mol. The first-order valence-electron chi connectivity index (χ1n) is 2.83. The van der Waals surface area contributed by atoms with Gasteiger partial charge in [0, 0.05) is 20.6 Å². The number of hydrogen-bond donors (Lipinski definition) is 1. The number of nitrogens with zero attached hydrogens (tertiary/aromatic N) is 2. The Morgan fingerprint density at radius 1 is 1.56 bits per heavy atom. The number of hydrogen-bond acceptors (Lipinski definition) is 2. The highest BCUT2D eigenvalue weighted by molar-refractivity contribution is 7.80. The van der Waals surface area contributed by atoms with Gasteiger partial charge in [-0.05, 0) is 19.1 Å². The van der Waals surface area contributed by atoms with Gasteiger partial charge in [0.1, 0.15) is 0 Å². The van der Waals surface area contributed by atoms with Gasteiger partial charge in [-0.3, -0.25) is 5.01 Å². The van der Waals surface area contributed by atoms with Crippen LogP contribution < -0.4 is 5.73 Å². The van der Waals surface area contributed by atoms with Crippen LogP contribution in [-0.4, -0.2) is 35.8 Å². The smallest absolute Gasteiger partial charge is 0.180 e. The Morgan fingerprint density at radius 2 is 2.00 bits per heavy atom. The first kappa shape index (κ1) is 8.65. The third-order valence-electron chi connectivity index (χ3n) is 1.04. The van der Waals surface area contributed by atoms with E-state index in [9.17, 15) is 0 Å². The quantitative estimate of drug-likeness (QED) is 0.441. The summed E-state index contributed by atoms with van der Waals surface area (Å²) in [5.41, 5.74) is 5.36. The molecular weight excluding hydrogens is 134 g/mol. The van der Waals surface area contributed by atoms with Crippen molar-refractivity contribution in [3.8, 4) is 0 Å². The molecule has 0 aromatic rings. The predicted molar refractivity (Wildman–Crippen MR) is 42.9 cm³/mol. The van der Waals surface area contributed by atoms with E-state index < -0.39 is 0 Å². The molecule has 0 atom stereocenters. The summed E-state index contributed by atoms with van der Waals surface area (Å²) >= 11 is 4.75. The van der Waals surface area contributed by atoms with E-state index >= 15 is 0 Å². The van der Waals surface area contributed by atoms with Crippen molar-refractivity contribution in [2.24, 2.45) is 5.73 Å². The summed E-state index contributed by atoms with van der Waals surface area (Å²) in [5.74, 6) is 0. The molecule has 0 aliphatic heterocycles. The average Bonchev–Trinajstić information content (AvgIpc) is 1.64. The molecule has 9 heavy (non-hydrogen) atoms. The van der Waals surface area contributed by atoms with Crippen LogP contribution in [0.1, 0.15) is 6.92 Å². The molecule has 0 fully saturated rings. The summed E-state index contributed by atoms with van der Waals surface area (Å²) in [4.78, 5) is 0. The summed E-state index contributed by atoms with van der Waals surface area (Å²) in [6.45, 7) is 2.82. The van der Waals surface area contributed by atoms with Gasteiger partial charge in [-0.2, -0.15) is 0 Å². The summed E-state index contributed by atoms with van der Waals surface area (Å²) < 4.78 is 0. The molecule has 0 aliphatic rings. The van der Waals surface area contributed by atoms with E-state index in [1.165, 1.54) is 0 Å². The lowest BCUT2D eigenvalue weighted by Gasteiger charge is -2.27. The highest BCUT2D eigenvalue weighted by atomic mass is 32.1. The van der Waals surface area contributed by atoms with Crippen LogP contribution in [0.4, 0.5) is 0 Å². The standard InChI is InChI=1S/C5H13N3S/c1-4-8(5(6)9)7(2)3/h4H2,1-3H3,(H2,6,9). The van der Waals surface area contributed by atoms with Gasteiger partial charge in [-0.1, -0.05) is 0 Å². The van der Waals surface area contributed by atoms with E-state index in [0.717, 1.165) is 6.54 Å². The third-order valence-corrected chi connectivity index (χ3v) is 1.25. The predicted octanol–water partition coefficient (Wildman–Crippen LogP) is 0.0285. The van der Waals surface area contributed by atoms with Crippen molar-refractivity contribution in [2.75, 3.05) is 20.6 Å². The van der Waals surface area contributed by atoms with Gasteiger partial charge >= 0.3 is 0 Å². The first-order chi connectivity index (χ1) is 4.09. The molecule has 0 aromatic carbocycles. The highest BCUT2D eigenvalue weighted by Gasteiger charge is 2.03. The van der Waals surface area contributed by atoms with Crippen LogP contribution in [0.5, 0.6) is 0 Å². The average molecular weight is 147 g/mol. The molecule has 0 aliphatic carbocycles. The van der Waals surface area contributed by atoms with Gasteiger partial charge in [-0.15, -0.1) is 0 Å². The molecule has 3 nitrogen and oxygen atoms in total. The van der Waals surface area contributed by atoms with Crippen molar-refractivity contribution < 1.29 is 0 Å². The Balaban J connectivity index is 3.83. The lowest BCUT2D eigenvalue weighted by Crippen LogP contribution is -2.44. The lowest BCUT2D eigenvalue weighted by atomic mass is 10.7. The summed E-state index contributed by atoms with van der Waals surface area (Å²) in [5, 5.41) is 4.08. The normalized spacial score (nSPS) is 9.78. The van der Waals surface area contributed by atoms with E-state index in [0.29, 0.717) is 5.11 Å². The maximum absolute atomic E-state index is 5.36. The van der Waals surface area contributed by atoms with Crippen LogP contribution in [0, 0.1) is 0 Å². The number of hydrazine groups is 1. The molecule has 4 heteroatoms. The maximum Gasteiger partial charge on any atom is 0.180 e. The summed E-state index contributed by atoms with van der Waals surface area (Å²) in [6, 6.07) is 0. The van der Waals surface area contributed by atoms with Gasteiger partial charge in [0.2, 0.25) is 0 Å². The Kier molecular flexibility index (Phi) is 3.49. The molecule has 0 saturated carbocycles. The van der Waals surface area contributed by atoms with E-state index in [2.05, 4.69) is 0 Å². The van der Waals surface area contributed by atoms with Gasteiger partial charge in [0.25, 0.3) is 0 Å². The van der Waals surface area contributed by atoms with Crippen LogP contribution in [0.2, 0.25) is 0 Å². The minimum absolute atomic E-state index is 0.419. The minimum Gasteiger partial charge on any atom is -0.375 e. The van der Waals surface area contributed by atoms with Gasteiger partial charge in [0.15, 0.2) is 5.11 Å². The summed E-state index contributed by atoms with van der Waals surface area (Å²) in [6.07, 6.45) is 0. The second-order valence-corrected chi connectivity index (χ2v) is 2.32. The zero-order valence-corrected chi connectivity index (χ0v) is 6.90. The van der Waals surface area contributed by atoms with Crippen LogP contribution >= 0.6 is 12.2 Å². The SMILES string of the molecule is CCN(C(N)=S)N(C)C. The van der Waals surface area contributed by atoms with E-state index in [1.54, 1.807) is 5.01 Å². The lowest BCUT2D eigenvalue weighted by molar-refractivity contribution is 0.119. The van der Waals surface area contributed by atoms with Crippen LogP contribution in [0.3, 0.4) is 0 Å². The molecule has 0 amide bonds. The maximum atomic E-state index is 5.36. The Labute approximate surface area is 61.4 Å². The Bertz CT molecular complexity index is 102. The van der Waals surface area contributed by atoms with Crippen LogP contribution in [0.15, 0.2) is 0 Å². The largest absolute Gasteiger partial charge is 0.375 e. The molecule has 0 heterocycles. The van der Waals surface area contributed by atoms with Crippen molar-refractivity contribution in [3.63, 3.8) is 0 Å². The molecular formula is C5H13N3S. The molecule has 2 N–H and O–H groups in total. The molecule has 0 rings (SSSR count). The fraction of sp³-hybridized carbons (Fsp3) is 0.800. The topological polar surface area (TPSA) is 32.5 Å². The molecule has 0 unspecified atom stereocenters. The second kappa shape index (κ2) is 3.63. The van der Waals surface area contributed by atoms with Crippen LogP contribution in [0.25, 0.3) is 0 Å². The Morgan fingerprint density at radius 3 is 2.00 bits per heavy atom. The number of thiocarbonyl (C=S) groups is 1. The molecule has 54 valence electrons. The van der Waals surface area contributed by atoms with Crippen molar-refractivity contribution >= 4 is 17.3 Å². The minimum atomic E-state index is 0.419. The fourth-order valence-corrected chi connectivity index (χ4v) is 0.928. The summed E-state index contributed by atoms with van der Waals surface area (Å²) in [7, 11) is 3.81. The van der Waals surface area contributed by atoms with E-state index in [-0.39, 0.29) is 0 Å². The van der Waals surface area contributed by atoms with E-state index in [1.807, 2.05) is 26.0 Å². The Hall–Kier alpha value is -0.350. The van der Waals surface area contributed by atoms with Gasteiger partial charge < -0.3 is 5.73 Å². The van der Waals surface area contributed by atoms with Gasteiger partial charge in [0.05, 0.1) is 0 Å². The fourth-order valence-electron chi connectivity index (χ4n) is 0.636. The van der Waals surface area contributed by atoms with Gasteiger partial charge in [-0.25, -0.2) is 5.01 Å². The molecule has 0 aromatic heterocycles. The van der Waals surface area contributed by atoms with Crippen molar-refractivity contribution in [1.82, 2.24) is 10.0 Å². The molecule has 0 radical (unpaired) electrons. The first-order valence-corrected chi connectivity index (χ1v) is 3.24. The van der Waals surface area contributed by atoms with Crippen molar-refractivity contribution in [3.05, 3.63) is 0 Å². The third kappa shape index (κ3) is 2.62. The molecule has 0 bridgehead atoms. The van der Waals surface area contributed by atoms with Crippen molar-refractivity contribution in [1.29, 1.82) is 0 Å². The number of rotatable bonds is 2. The van der Waals surface area contributed by atoms with E-state index in [4.69, 9.17) is 18.0 Å². The van der Waals surface area contributed by atoms with Crippen molar-refractivity contribution in [2.45, 2.75) is 6.92 Å². The second-order valence-electron chi connectivity index (χ2n) is 1.90. The number of nitrogens with two attached hydrogens (primary N) is 1. The zero-order chi connectivity index (χ0) is 7.44. The van der Waals surface area contributed by atoms with Crippen LogP contribution in [-0.2, 0) is 0 Å². The molecule has 0 saturated heterocycles. The molecule has 0 spiro atoms.